The molecule has 0 unspecified atom stereocenters. The number of carbonyl (C=O) groups is 2. The lowest BCUT2D eigenvalue weighted by Crippen LogP contribution is -2.03. The number of anilines is 2. The van der Waals surface area contributed by atoms with Gasteiger partial charge in [-0.2, -0.15) is 0 Å². The number of ketones is 2. The van der Waals surface area contributed by atoms with E-state index in [1.165, 1.54) is 0 Å². The van der Waals surface area contributed by atoms with Gasteiger partial charge in [-0.1, -0.05) is 84.9 Å². The third-order valence-corrected chi connectivity index (χ3v) is 6.35. The SMILES string of the molecule is CCNc1ccc(C(=O)c2ccc(NCC)cc2)cc1.O=C(c1ccccc1)c1ccc(-c2ccccc2)cc1. The summed E-state index contributed by atoms with van der Waals surface area (Å²) in [7, 11) is 0. The summed E-state index contributed by atoms with van der Waals surface area (Å²) < 4.78 is 0. The maximum absolute atomic E-state index is 12.3. The smallest absolute Gasteiger partial charge is 0.193 e. The highest BCUT2D eigenvalue weighted by Crippen LogP contribution is 2.20. The Morgan fingerprint density at radius 3 is 1.15 bits per heavy atom. The van der Waals surface area contributed by atoms with Crippen LogP contribution in [0.15, 0.2) is 133 Å². The molecule has 0 amide bonds. The Bertz CT molecular complexity index is 1440. The summed E-state index contributed by atoms with van der Waals surface area (Å²) >= 11 is 0. The van der Waals surface area contributed by atoms with Crippen LogP contribution in [0.5, 0.6) is 0 Å². The van der Waals surface area contributed by atoms with E-state index in [-0.39, 0.29) is 11.6 Å². The Balaban J connectivity index is 0.000000185. The molecular weight excluding hydrogens is 492 g/mol. The van der Waals surface area contributed by atoms with Gasteiger partial charge in [0.1, 0.15) is 0 Å². The molecule has 0 radical (unpaired) electrons. The van der Waals surface area contributed by atoms with Gasteiger partial charge in [0.15, 0.2) is 11.6 Å². The molecule has 0 saturated carbocycles. The second-order valence-corrected chi connectivity index (χ2v) is 9.18. The summed E-state index contributed by atoms with van der Waals surface area (Å²) in [5, 5.41) is 6.43. The Hall–Kier alpha value is -4.96. The van der Waals surface area contributed by atoms with Gasteiger partial charge >= 0.3 is 0 Å². The Labute approximate surface area is 236 Å². The highest BCUT2D eigenvalue weighted by Gasteiger charge is 2.09. The van der Waals surface area contributed by atoms with Crippen molar-refractivity contribution in [1.29, 1.82) is 0 Å². The molecule has 200 valence electrons. The molecule has 0 aliphatic carbocycles. The van der Waals surface area contributed by atoms with Gasteiger partial charge in [-0.15, -0.1) is 0 Å². The molecule has 0 heterocycles. The molecule has 0 aromatic heterocycles. The van der Waals surface area contributed by atoms with Gasteiger partial charge in [-0.3, -0.25) is 9.59 Å². The maximum Gasteiger partial charge on any atom is 0.193 e. The standard InChI is InChI=1S/C19H14O.C17H20N2O/c20-19(17-9-5-2-6-10-17)18-13-11-16(12-14-18)15-7-3-1-4-8-15;1-3-18-15-9-5-13(6-10-15)17(20)14-7-11-16(12-8-14)19-4-2/h1-14H;5-12,18-19H,3-4H2,1-2H3. The maximum atomic E-state index is 12.3. The van der Waals surface area contributed by atoms with E-state index in [0.29, 0.717) is 11.1 Å². The van der Waals surface area contributed by atoms with Gasteiger partial charge in [0.25, 0.3) is 0 Å². The summed E-state index contributed by atoms with van der Waals surface area (Å²) in [6.07, 6.45) is 0. The Kier molecular flexibility index (Phi) is 10.0. The number of nitrogens with one attached hydrogen (secondary N) is 2. The van der Waals surface area contributed by atoms with E-state index in [9.17, 15) is 9.59 Å². The molecule has 0 bridgehead atoms. The quantitative estimate of drug-likeness (QED) is 0.189. The minimum absolute atomic E-state index is 0.0519. The monoisotopic (exact) mass is 526 g/mol. The first-order valence-electron chi connectivity index (χ1n) is 13.6. The van der Waals surface area contributed by atoms with E-state index in [2.05, 4.69) is 22.8 Å². The van der Waals surface area contributed by atoms with Crippen LogP contribution >= 0.6 is 0 Å². The molecule has 0 aliphatic heterocycles. The van der Waals surface area contributed by atoms with Crippen LogP contribution in [0.1, 0.15) is 45.7 Å². The van der Waals surface area contributed by atoms with Crippen molar-refractivity contribution in [2.24, 2.45) is 0 Å². The van der Waals surface area contributed by atoms with E-state index in [1.807, 2.05) is 135 Å². The average molecular weight is 527 g/mol. The fraction of sp³-hybridized carbons (Fsp3) is 0.111. The normalized spacial score (nSPS) is 10.2. The van der Waals surface area contributed by atoms with E-state index in [4.69, 9.17) is 0 Å². The second-order valence-electron chi connectivity index (χ2n) is 9.18. The van der Waals surface area contributed by atoms with Crippen molar-refractivity contribution in [3.63, 3.8) is 0 Å². The molecule has 0 aliphatic rings. The van der Waals surface area contributed by atoms with Gasteiger partial charge in [-0.05, 0) is 73.5 Å². The van der Waals surface area contributed by atoms with Crippen LogP contribution in [0.3, 0.4) is 0 Å². The van der Waals surface area contributed by atoms with E-state index < -0.39 is 0 Å². The van der Waals surface area contributed by atoms with E-state index in [1.54, 1.807) is 0 Å². The predicted molar refractivity (Wildman–Crippen MR) is 166 cm³/mol. The average Bonchev–Trinajstić information content (AvgIpc) is 3.03. The van der Waals surface area contributed by atoms with Crippen molar-refractivity contribution in [3.8, 4) is 11.1 Å². The molecule has 5 aromatic rings. The van der Waals surface area contributed by atoms with Gasteiger partial charge in [-0.25, -0.2) is 0 Å². The minimum atomic E-state index is 0.0519. The molecule has 0 fully saturated rings. The third kappa shape index (κ3) is 7.55. The summed E-state index contributed by atoms with van der Waals surface area (Å²) in [4.78, 5) is 24.6. The largest absolute Gasteiger partial charge is 0.385 e. The molecular formula is C36H34N2O2. The van der Waals surface area contributed by atoms with Crippen LogP contribution in [-0.2, 0) is 0 Å². The minimum Gasteiger partial charge on any atom is -0.385 e. The number of benzene rings is 5. The zero-order valence-corrected chi connectivity index (χ0v) is 22.9. The van der Waals surface area contributed by atoms with Crippen LogP contribution < -0.4 is 10.6 Å². The lowest BCUT2D eigenvalue weighted by Gasteiger charge is -2.06. The highest BCUT2D eigenvalue weighted by atomic mass is 16.1. The fourth-order valence-electron chi connectivity index (χ4n) is 4.25. The molecule has 2 N–H and O–H groups in total. The summed E-state index contributed by atoms with van der Waals surface area (Å²) in [6, 6.07) is 42.4. The van der Waals surface area contributed by atoms with Crippen molar-refractivity contribution < 1.29 is 9.59 Å². The van der Waals surface area contributed by atoms with Crippen LogP contribution in [0, 0.1) is 0 Å². The molecule has 40 heavy (non-hydrogen) atoms. The zero-order chi connectivity index (χ0) is 28.2. The fourth-order valence-corrected chi connectivity index (χ4v) is 4.25. The molecule has 0 spiro atoms. The van der Waals surface area contributed by atoms with Crippen molar-refractivity contribution in [3.05, 3.63) is 156 Å². The Morgan fingerprint density at radius 1 is 0.425 bits per heavy atom. The van der Waals surface area contributed by atoms with Crippen LogP contribution in [0.4, 0.5) is 11.4 Å². The van der Waals surface area contributed by atoms with Gasteiger partial charge in [0, 0.05) is 46.7 Å². The topological polar surface area (TPSA) is 58.2 Å². The summed E-state index contributed by atoms with van der Waals surface area (Å²) in [6.45, 7) is 5.84. The first-order chi connectivity index (χ1) is 19.6. The van der Waals surface area contributed by atoms with Gasteiger partial charge < -0.3 is 10.6 Å². The number of rotatable bonds is 9. The predicted octanol–water partition coefficient (Wildman–Crippen LogP) is 8.37. The van der Waals surface area contributed by atoms with Crippen molar-refractivity contribution in [1.82, 2.24) is 0 Å². The van der Waals surface area contributed by atoms with Crippen LogP contribution in [0.25, 0.3) is 11.1 Å². The van der Waals surface area contributed by atoms with Crippen molar-refractivity contribution in [2.45, 2.75) is 13.8 Å². The number of hydrogen-bond donors (Lipinski definition) is 2. The molecule has 4 nitrogen and oxygen atoms in total. The molecule has 0 atom stereocenters. The van der Waals surface area contributed by atoms with Gasteiger partial charge in [0.2, 0.25) is 0 Å². The molecule has 4 heteroatoms. The molecule has 5 rings (SSSR count). The van der Waals surface area contributed by atoms with Crippen molar-refractivity contribution in [2.75, 3.05) is 23.7 Å². The van der Waals surface area contributed by atoms with E-state index in [0.717, 1.165) is 46.7 Å². The van der Waals surface area contributed by atoms with Crippen LogP contribution in [-0.4, -0.2) is 24.7 Å². The third-order valence-electron chi connectivity index (χ3n) is 6.35. The second kappa shape index (κ2) is 14.3. The zero-order valence-electron chi connectivity index (χ0n) is 22.9. The Morgan fingerprint density at radius 2 is 0.750 bits per heavy atom. The number of hydrogen-bond acceptors (Lipinski definition) is 4. The van der Waals surface area contributed by atoms with Crippen molar-refractivity contribution >= 4 is 22.9 Å². The summed E-state index contributed by atoms with van der Waals surface area (Å²) in [5.74, 6) is 0.112. The van der Waals surface area contributed by atoms with Gasteiger partial charge in [0.05, 0.1) is 0 Å². The lowest BCUT2D eigenvalue weighted by atomic mass is 9.99. The highest BCUT2D eigenvalue weighted by molar-refractivity contribution is 6.09. The lowest BCUT2D eigenvalue weighted by molar-refractivity contribution is 0.103. The van der Waals surface area contributed by atoms with Crippen LogP contribution in [0.2, 0.25) is 0 Å². The first-order valence-corrected chi connectivity index (χ1v) is 13.6. The first kappa shape index (κ1) is 28.1. The summed E-state index contributed by atoms with van der Waals surface area (Å²) in [5.41, 5.74) is 7.21. The molecule has 5 aromatic carbocycles. The van der Waals surface area contributed by atoms with E-state index >= 15 is 0 Å². The number of carbonyl (C=O) groups excluding carboxylic acids is 2. The molecule has 0 saturated heterocycles.